The van der Waals surface area contributed by atoms with Crippen molar-refractivity contribution in [2.75, 3.05) is 20.0 Å². The third kappa shape index (κ3) is 7.52. The second-order valence-corrected chi connectivity index (χ2v) is 6.05. The molecule has 0 fully saturated rings. The van der Waals surface area contributed by atoms with Crippen LogP contribution in [0.5, 0.6) is 0 Å². The number of carbonyl (C=O) groups is 2. The van der Waals surface area contributed by atoms with Crippen LogP contribution in [-0.4, -0.2) is 42.7 Å². The summed E-state index contributed by atoms with van der Waals surface area (Å²) in [6.07, 6.45) is -2.68. The molecular weight excluding hydrogens is 431 g/mol. The number of furan rings is 1. The number of carboxylic acids is 1. The number of ether oxygens (including phenoxy) is 1. The summed E-state index contributed by atoms with van der Waals surface area (Å²) in [7, 11) is 3.25. The van der Waals surface area contributed by atoms with Crippen LogP contribution in [0.1, 0.15) is 15.9 Å². The Morgan fingerprint density at radius 2 is 1.78 bits per heavy atom. The number of anilines is 1. The number of aliphatic carboxylic acids is 1. The number of methoxy groups -OCH3 is 1. The van der Waals surface area contributed by atoms with Crippen molar-refractivity contribution in [3.05, 3.63) is 59.9 Å². The van der Waals surface area contributed by atoms with Gasteiger partial charge in [0.2, 0.25) is 0 Å². The number of alkyl halides is 3. The van der Waals surface area contributed by atoms with Crippen molar-refractivity contribution in [2.24, 2.45) is 5.73 Å². The Hall–Kier alpha value is -3.70. The molecule has 8 nitrogen and oxygen atoms in total. The topological polar surface area (TPSA) is 142 Å². The number of benzene rings is 1. The van der Waals surface area contributed by atoms with E-state index in [4.69, 9.17) is 25.8 Å². The Labute approximate surface area is 181 Å². The number of rotatable bonds is 4. The van der Waals surface area contributed by atoms with Crippen LogP contribution in [0.15, 0.2) is 53.1 Å². The van der Waals surface area contributed by atoms with Crippen LogP contribution in [-0.2, 0) is 16.1 Å². The second-order valence-electron chi connectivity index (χ2n) is 6.05. The highest BCUT2D eigenvalue weighted by atomic mass is 19.4. The fraction of sp³-hybridized carbons (Fsp3) is 0.190. The molecule has 0 unspecified atom stereocenters. The minimum Gasteiger partial charge on any atom is -0.475 e. The normalized spacial score (nSPS) is 10.3. The summed E-state index contributed by atoms with van der Waals surface area (Å²) < 4.78 is 41.4. The van der Waals surface area contributed by atoms with Crippen LogP contribution in [0.4, 0.5) is 19.0 Å². The third-order valence-corrected chi connectivity index (χ3v) is 3.73. The molecule has 1 aromatic carbocycles. The van der Waals surface area contributed by atoms with Crippen molar-refractivity contribution >= 4 is 18.1 Å². The molecular formula is C21H22F3N3O5. The molecule has 2 heterocycles. The van der Waals surface area contributed by atoms with Gasteiger partial charge in [-0.1, -0.05) is 24.3 Å². The number of nitrogens with zero attached hydrogens (tertiary/aromatic N) is 1. The minimum atomic E-state index is -5.08. The number of aldehydes is 1. The lowest BCUT2D eigenvalue weighted by Crippen LogP contribution is -2.21. The average molecular weight is 453 g/mol. The molecule has 2 aromatic heterocycles. The number of hydrogen-bond donors (Lipinski definition) is 3. The average Bonchev–Trinajstić information content (AvgIpc) is 3.28. The number of nitrogens with two attached hydrogens (primary N) is 2. The molecule has 0 bridgehead atoms. The van der Waals surface area contributed by atoms with Crippen LogP contribution in [0.3, 0.4) is 0 Å². The molecule has 5 N–H and O–H groups in total. The maximum atomic E-state index is 10.7. The van der Waals surface area contributed by atoms with Gasteiger partial charge in [-0.2, -0.15) is 13.2 Å². The summed E-state index contributed by atoms with van der Waals surface area (Å²) >= 11 is 0. The number of pyridine rings is 1. The number of nitrogen functional groups attached to an aromatic ring is 1. The smallest absolute Gasteiger partial charge is 0.475 e. The van der Waals surface area contributed by atoms with E-state index in [1.165, 1.54) is 0 Å². The maximum Gasteiger partial charge on any atom is 0.490 e. The van der Waals surface area contributed by atoms with E-state index in [9.17, 15) is 18.0 Å². The highest BCUT2D eigenvalue weighted by Crippen LogP contribution is 2.31. The molecule has 11 heteroatoms. The van der Waals surface area contributed by atoms with Gasteiger partial charge in [0.25, 0.3) is 0 Å². The van der Waals surface area contributed by atoms with Gasteiger partial charge in [-0.3, -0.25) is 4.79 Å². The predicted molar refractivity (Wildman–Crippen MR) is 112 cm³/mol. The largest absolute Gasteiger partial charge is 0.490 e. The molecule has 0 saturated carbocycles. The van der Waals surface area contributed by atoms with Gasteiger partial charge in [0.1, 0.15) is 17.9 Å². The van der Waals surface area contributed by atoms with E-state index in [0.717, 1.165) is 23.0 Å². The van der Waals surface area contributed by atoms with Gasteiger partial charge in [0.05, 0.1) is 12.0 Å². The summed E-state index contributed by atoms with van der Waals surface area (Å²) in [5, 5.41) is 7.12. The van der Waals surface area contributed by atoms with Crippen molar-refractivity contribution < 1.29 is 37.0 Å². The third-order valence-electron chi connectivity index (χ3n) is 3.73. The Morgan fingerprint density at radius 3 is 2.19 bits per heavy atom. The zero-order chi connectivity index (χ0) is 24.3. The Balaban J connectivity index is 0.000000433. The molecule has 0 radical (unpaired) electrons. The second kappa shape index (κ2) is 12.2. The van der Waals surface area contributed by atoms with E-state index >= 15 is 0 Å². The summed E-state index contributed by atoms with van der Waals surface area (Å²) in [4.78, 5) is 24.0. The monoisotopic (exact) mass is 453 g/mol. The zero-order valence-corrected chi connectivity index (χ0v) is 17.2. The van der Waals surface area contributed by atoms with Gasteiger partial charge in [0, 0.05) is 43.0 Å². The molecule has 0 saturated heterocycles. The van der Waals surface area contributed by atoms with Crippen molar-refractivity contribution in [2.45, 2.75) is 12.7 Å². The highest BCUT2D eigenvalue weighted by Gasteiger charge is 2.38. The Kier molecular flexibility index (Phi) is 10.1. The summed E-state index contributed by atoms with van der Waals surface area (Å²) in [6.45, 7) is 0.277. The van der Waals surface area contributed by atoms with E-state index in [0.29, 0.717) is 22.8 Å². The van der Waals surface area contributed by atoms with Crippen LogP contribution < -0.4 is 11.5 Å². The first-order chi connectivity index (χ1) is 15.1. The van der Waals surface area contributed by atoms with Gasteiger partial charge in [-0.05, 0) is 18.2 Å². The summed E-state index contributed by atoms with van der Waals surface area (Å²) in [5.74, 6) is -1.68. The van der Waals surface area contributed by atoms with E-state index < -0.39 is 12.1 Å². The minimum absolute atomic E-state index is 0.277. The molecule has 0 amide bonds. The first-order valence-electron chi connectivity index (χ1n) is 8.88. The van der Waals surface area contributed by atoms with Gasteiger partial charge >= 0.3 is 12.1 Å². The van der Waals surface area contributed by atoms with Crippen molar-refractivity contribution in [3.8, 4) is 22.6 Å². The molecule has 0 aliphatic heterocycles. The molecule has 3 rings (SSSR count). The fourth-order valence-electron chi connectivity index (χ4n) is 2.34. The molecule has 0 aliphatic rings. The molecule has 0 atom stereocenters. The van der Waals surface area contributed by atoms with Crippen LogP contribution in [0, 0.1) is 0 Å². The fourth-order valence-corrected chi connectivity index (χ4v) is 2.34. The highest BCUT2D eigenvalue weighted by molar-refractivity contribution is 5.78. The molecule has 3 aromatic rings. The van der Waals surface area contributed by atoms with E-state index in [1.807, 2.05) is 30.3 Å². The lowest BCUT2D eigenvalue weighted by atomic mass is 10.0. The maximum absolute atomic E-state index is 10.7. The van der Waals surface area contributed by atoms with Crippen molar-refractivity contribution in [1.82, 2.24) is 4.98 Å². The lowest BCUT2D eigenvalue weighted by molar-refractivity contribution is -0.192. The number of aromatic nitrogens is 1. The number of hydrogen-bond acceptors (Lipinski definition) is 7. The first kappa shape index (κ1) is 26.3. The van der Waals surface area contributed by atoms with Crippen molar-refractivity contribution in [1.29, 1.82) is 0 Å². The van der Waals surface area contributed by atoms with Gasteiger partial charge in [-0.15, -0.1) is 0 Å². The van der Waals surface area contributed by atoms with E-state index in [2.05, 4.69) is 9.72 Å². The lowest BCUT2D eigenvalue weighted by Gasteiger charge is -2.11. The van der Waals surface area contributed by atoms with E-state index in [1.54, 1.807) is 32.6 Å². The van der Waals surface area contributed by atoms with Crippen LogP contribution >= 0.6 is 0 Å². The van der Waals surface area contributed by atoms with Crippen LogP contribution in [0.25, 0.3) is 22.6 Å². The number of carboxylic acid groups (broad SMARTS) is 1. The van der Waals surface area contributed by atoms with Gasteiger partial charge in [-0.25, -0.2) is 9.78 Å². The van der Waals surface area contributed by atoms with Gasteiger partial charge < -0.3 is 25.7 Å². The summed E-state index contributed by atoms with van der Waals surface area (Å²) in [6, 6.07) is 12.7. The zero-order valence-electron chi connectivity index (χ0n) is 17.2. The number of carbonyl (C=O) groups excluding carboxylic acids is 1. The Bertz CT molecular complexity index is 1000. The SMILES string of the molecule is COC.NCc1c(-c2ccco2)cc(-c2ccc(C=O)cc2)nc1N.O=C(O)C(F)(F)F. The van der Waals surface area contributed by atoms with Crippen molar-refractivity contribution in [3.63, 3.8) is 0 Å². The van der Waals surface area contributed by atoms with Gasteiger partial charge in [0.15, 0.2) is 0 Å². The number of halogens is 3. The molecule has 0 spiro atoms. The van der Waals surface area contributed by atoms with E-state index in [-0.39, 0.29) is 6.54 Å². The molecule has 0 aliphatic carbocycles. The predicted octanol–water partition coefficient (Wildman–Crippen LogP) is 3.76. The van der Waals surface area contributed by atoms with Crippen LogP contribution in [0.2, 0.25) is 0 Å². The molecule has 32 heavy (non-hydrogen) atoms. The summed E-state index contributed by atoms with van der Waals surface area (Å²) in [5.41, 5.74) is 15.6. The first-order valence-corrected chi connectivity index (χ1v) is 8.88. The quantitative estimate of drug-likeness (QED) is 0.507. The molecule has 172 valence electrons. The Morgan fingerprint density at radius 1 is 1.22 bits per heavy atom. The standard InChI is InChI=1S/C17H15N3O2.C2HF3O2.C2H6O/c18-9-14-13(16-2-1-7-22-16)8-15(20-17(14)19)12-5-3-11(10-21)4-6-12;3-2(4,5)1(6)7;1-3-2/h1-8,10H,9,18H2,(H2,19,20);(H,6,7);1-2H3.